The van der Waals surface area contributed by atoms with E-state index < -0.39 is 5.97 Å². The van der Waals surface area contributed by atoms with E-state index in [1.807, 2.05) is 0 Å². The molecule has 0 atom stereocenters. The number of hydrogen-bond acceptors (Lipinski definition) is 5. The van der Waals surface area contributed by atoms with Crippen molar-refractivity contribution in [1.29, 1.82) is 0 Å². The molecule has 0 saturated heterocycles. The Labute approximate surface area is 115 Å². The summed E-state index contributed by atoms with van der Waals surface area (Å²) in [6.45, 7) is 2.24. The van der Waals surface area contributed by atoms with E-state index in [4.69, 9.17) is 5.73 Å². The minimum atomic E-state index is -1.10. The summed E-state index contributed by atoms with van der Waals surface area (Å²) in [5, 5.41) is 13.9. The topological polar surface area (TPSA) is 107 Å². The Hall–Kier alpha value is -2.18. The van der Waals surface area contributed by atoms with Gasteiger partial charge in [-0.05, 0) is 31.6 Å². The molecule has 1 fully saturated rings. The number of nitrogens with zero attached hydrogens (tertiary/aromatic N) is 4. The standard InChI is InChI=1S/C13H17N5O2/c1-7-2-4-8(5-3-7)18-12-9(10(17-18)13(19)20)11(14)15-6-16-12/h6-8H,2-5H2,1H3,(H,19,20)(H2,14,15,16)/t7-,8-. The van der Waals surface area contributed by atoms with Crippen LogP contribution in [0.2, 0.25) is 0 Å². The molecular formula is C13H17N5O2. The molecule has 2 heterocycles. The summed E-state index contributed by atoms with van der Waals surface area (Å²) in [5.41, 5.74) is 6.26. The van der Waals surface area contributed by atoms with Crippen molar-refractivity contribution in [3.05, 3.63) is 12.0 Å². The van der Waals surface area contributed by atoms with Crippen LogP contribution in [-0.2, 0) is 0 Å². The summed E-state index contributed by atoms with van der Waals surface area (Å²) in [4.78, 5) is 19.4. The highest BCUT2D eigenvalue weighted by atomic mass is 16.4. The lowest BCUT2D eigenvalue weighted by molar-refractivity contribution is 0.0690. The first-order valence-electron chi connectivity index (χ1n) is 6.80. The highest BCUT2D eigenvalue weighted by Gasteiger charge is 2.26. The maximum atomic E-state index is 11.3. The van der Waals surface area contributed by atoms with Gasteiger partial charge < -0.3 is 10.8 Å². The average Bonchev–Trinajstić information content (AvgIpc) is 2.81. The van der Waals surface area contributed by atoms with Gasteiger partial charge in [0.25, 0.3) is 0 Å². The van der Waals surface area contributed by atoms with Gasteiger partial charge in [-0.15, -0.1) is 0 Å². The smallest absolute Gasteiger partial charge is 0.357 e. The monoisotopic (exact) mass is 275 g/mol. The van der Waals surface area contributed by atoms with Crippen molar-refractivity contribution in [2.24, 2.45) is 5.92 Å². The third-order valence-corrected chi connectivity index (χ3v) is 4.05. The van der Waals surface area contributed by atoms with Gasteiger partial charge in [0.15, 0.2) is 11.3 Å². The van der Waals surface area contributed by atoms with Crippen molar-refractivity contribution in [2.45, 2.75) is 38.6 Å². The molecule has 3 rings (SSSR count). The molecular weight excluding hydrogens is 258 g/mol. The lowest BCUT2D eigenvalue weighted by Gasteiger charge is -2.26. The second-order valence-electron chi connectivity index (χ2n) is 5.47. The number of nitrogens with two attached hydrogens (primary N) is 1. The molecule has 106 valence electrons. The van der Waals surface area contributed by atoms with Crippen LogP contribution in [0.1, 0.15) is 49.1 Å². The normalized spacial score (nSPS) is 23.1. The first kappa shape index (κ1) is 12.8. The number of carboxylic acid groups (broad SMARTS) is 1. The third-order valence-electron chi connectivity index (χ3n) is 4.05. The number of aromatic carboxylic acids is 1. The Kier molecular flexibility index (Phi) is 3.04. The molecule has 0 aromatic carbocycles. The molecule has 0 aliphatic heterocycles. The van der Waals surface area contributed by atoms with Crippen molar-refractivity contribution in [3.8, 4) is 0 Å². The van der Waals surface area contributed by atoms with E-state index in [1.54, 1.807) is 4.68 Å². The molecule has 0 spiro atoms. The summed E-state index contributed by atoms with van der Waals surface area (Å²) in [5.74, 6) is -0.214. The molecule has 0 amide bonds. The molecule has 2 aromatic rings. The summed E-state index contributed by atoms with van der Waals surface area (Å²) >= 11 is 0. The van der Waals surface area contributed by atoms with Gasteiger partial charge in [0.05, 0.1) is 11.4 Å². The van der Waals surface area contributed by atoms with Crippen molar-refractivity contribution in [3.63, 3.8) is 0 Å². The fourth-order valence-electron chi connectivity index (χ4n) is 2.89. The number of rotatable bonds is 2. The lowest BCUT2D eigenvalue weighted by atomic mass is 9.87. The van der Waals surface area contributed by atoms with E-state index in [-0.39, 0.29) is 17.6 Å². The minimum Gasteiger partial charge on any atom is -0.476 e. The van der Waals surface area contributed by atoms with Crippen LogP contribution < -0.4 is 5.73 Å². The summed E-state index contributed by atoms with van der Waals surface area (Å²) in [6.07, 6.45) is 5.57. The van der Waals surface area contributed by atoms with Gasteiger partial charge in [0.1, 0.15) is 12.1 Å². The number of aromatic nitrogens is 4. The number of carbonyl (C=O) groups is 1. The van der Waals surface area contributed by atoms with Crippen LogP contribution in [0.25, 0.3) is 11.0 Å². The van der Waals surface area contributed by atoms with Crippen LogP contribution in [0.5, 0.6) is 0 Å². The van der Waals surface area contributed by atoms with Crippen molar-refractivity contribution in [1.82, 2.24) is 19.7 Å². The van der Waals surface area contributed by atoms with Gasteiger partial charge in [0, 0.05) is 0 Å². The molecule has 20 heavy (non-hydrogen) atoms. The number of nitrogen functional groups attached to an aromatic ring is 1. The average molecular weight is 275 g/mol. The second-order valence-corrected chi connectivity index (χ2v) is 5.47. The zero-order valence-corrected chi connectivity index (χ0v) is 11.3. The van der Waals surface area contributed by atoms with Crippen LogP contribution >= 0.6 is 0 Å². The Bertz CT molecular complexity index is 658. The molecule has 0 radical (unpaired) electrons. The molecule has 2 aromatic heterocycles. The second kappa shape index (κ2) is 4.73. The Balaban J connectivity index is 2.12. The van der Waals surface area contributed by atoms with E-state index in [9.17, 15) is 9.90 Å². The van der Waals surface area contributed by atoms with Crippen molar-refractivity contribution < 1.29 is 9.90 Å². The largest absolute Gasteiger partial charge is 0.476 e. The molecule has 0 unspecified atom stereocenters. The number of fused-ring (bicyclic) bond motifs is 1. The fraction of sp³-hybridized carbons (Fsp3) is 0.538. The predicted molar refractivity (Wildman–Crippen MR) is 73.4 cm³/mol. The molecule has 7 nitrogen and oxygen atoms in total. The number of carboxylic acids is 1. The van der Waals surface area contributed by atoms with Crippen molar-refractivity contribution >= 4 is 22.8 Å². The van der Waals surface area contributed by atoms with E-state index in [1.165, 1.54) is 6.33 Å². The molecule has 3 N–H and O–H groups in total. The van der Waals surface area contributed by atoms with Crippen LogP contribution in [0.3, 0.4) is 0 Å². The minimum absolute atomic E-state index is 0.0586. The third kappa shape index (κ3) is 1.99. The molecule has 7 heteroatoms. The van der Waals surface area contributed by atoms with Gasteiger partial charge >= 0.3 is 5.97 Å². The Morgan fingerprint density at radius 3 is 2.70 bits per heavy atom. The van der Waals surface area contributed by atoms with Gasteiger partial charge in [0.2, 0.25) is 0 Å². The van der Waals surface area contributed by atoms with E-state index in [2.05, 4.69) is 22.0 Å². The first-order chi connectivity index (χ1) is 9.58. The number of anilines is 1. The lowest BCUT2D eigenvalue weighted by Crippen LogP contribution is -2.18. The highest BCUT2D eigenvalue weighted by molar-refractivity contribution is 6.04. The van der Waals surface area contributed by atoms with E-state index in [0.29, 0.717) is 17.0 Å². The van der Waals surface area contributed by atoms with Gasteiger partial charge in [-0.2, -0.15) is 5.10 Å². The summed E-state index contributed by atoms with van der Waals surface area (Å²) in [6, 6.07) is 0.191. The van der Waals surface area contributed by atoms with E-state index in [0.717, 1.165) is 25.7 Å². The van der Waals surface area contributed by atoms with Gasteiger partial charge in [-0.3, -0.25) is 0 Å². The SMILES string of the molecule is C[C@H]1CC[C@H](n2nc(C(=O)O)c3c(N)ncnc32)CC1. The Morgan fingerprint density at radius 1 is 1.35 bits per heavy atom. The van der Waals surface area contributed by atoms with Gasteiger partial charge in [-0.1, -0.05) is 6.92 Å². The van der Waals surface area contributed by atoms with Crippen LogP contribution in [0.15, 0.2) is 6.33 Å². The van der Waals surface area contributed by atoms with Crippen LogP contribution in [0, 0.1) is 5.92 Å². The zero-order valence-electron chi connectivity index (χ0n) is 11.3. The van der Waals surface area contributed by atoms with Crippen molar-refractivity contribution in [2.75, 3.05) is 5.73 Å². The summed E-state index contributed by atoms with van der Waals surface area (Å²) in [7, 11) is 0. The molecule has 1 saturated carbocycles. The number of hydrogen-bond donors (Lipinski definition) is 2. The van der Waals surface area contributed by atoms with Crippen LogP contribution in [-0.4, -0.2) is 30.8 Å². The molecule has 1 aliphatic rings. The molecule has 0 bridgehead atoms. The van der Waals surface area contributed by atoms with Gasteiger partial charge in [-0.25, -0.2) is 19.4 Å². The first-order valence-corrected chi connectivity index (χ1v) is 6.80. The predicted octanol–water partition coefficient (Wildman–Crippen LogP) is 1.86. The maximum Gasteiger partial charge on any atom is 0.357 e. The van der Waals surface area contributed by atoms with Crippen LogP contribution in [0.4, 0.5) is 5.82 Å². The fourth-order valence-corrected chi connectivity index (χ4v) is 2.89. The Morgan fingerprint density at radius 2 is 2.05 bits per heavy atom. The molecule has 1 aliphatic carbocycles. The highest BCUT2D eigenvalue weighted by Crippen LogP contribution is 2.34. The maximum absolute atomic E-state index is 11.3. The summed E-state index contributed by atoms with van der Waals surface area (Å²) < 4.78 is 1.72. The zero-order chi connectivity index (χ0) is 14.3. The quantitative estimate of drug-likeness (QED) is 0.866. The van der Waals surface area contributed by atoms with E-state index >= 15 is 0 Å².